The smallest absolute Gasteiger partial charge is 0.301 e. The Hall–Kier alpha value is -4.22. The van der Waals surface area contributed by atoms with Crippen LogP contribution in [0.3, 0.4) is 0 Å². The lowest BCUT2D eigenvalue weighted by Crippen LogP contribution is -2.38. The highest BCUT2D eigenvalue weighted by Crippen LogP contribution is 2.30. The number of non-ortho nitro benzene ring substituents is 1. The minimum atomic E-state index is -0.727. The maximum absolute atomic E-state index is 12.4. The molecule has 34 heavy (non-hydrogen) atoms. The van der Waals surface area contributed by atoms with Gasteiger partial charge in [-0.3, -0.25) is 30.4 Å². The summed E-state index contributed by atoms with van der Waals surface area (Å²) in [7, 11) is 0. The lowest BCUT2D eigenvalue weighted by Gasteiger charge is -2.26. The quantitative estimate of drug-likeness (QED) is 0.313. The van der Waals surface area contributed by atoms with Gasteiger partial charge in [-0.25, -0.2) is 0 Å². The van der Waals surface area contributed by atoms with Crippen LogP contribution in [0.1, 0.15) is 31.7 Å². The number of nitro benzene ring substituents is 2. The molecule has 0 radical (unpaired) electrons. The maximum Gasteiger partial charge on any atom is 0.301 e. The molecule has 180 valence electrons. The van der Waals surface area contributed by atoms with Gasteiger partial charge in [0.05, 0.1) is 28.7 Å². The summed E-state index contributed by atoms with van der Waals surface area (Å²) in [5, 5.41) is 26.1. The molecule has 0 bridgehead atoms. The highest BCUT2D eigenvalue weighted by Gasteiger charge is 2.20. The van der Waals surface area contributed by atoms with Gasteiger partial charge in [0.25, 0.3) is 11.6 Å². The van der Waals surface area contributed by atoms with Crippen LogP contribution in [-0.2, 0) is 4.79 Å². The Kier molecular flexibility index (Phi) is 8.32. The van der Waals surface area contributed by atoms with Crippen molar-refractivity contribution in [2.45, 2.75) is 26.2 Å². The fourth-order valence-corrected chi connectivity index (χ4v) is 3.42. The van der Waals surface area contributed by atoms with Gasteiger partial charge in [-0.15, -0.1) is 0 Å². The fourth-order valence-electron chi connectivity index (χ4n) is 3.42. The molecule has 0 spiro atoms. The Morgan fingerprint density at radius 1 is 1.06 bits per heavy atom. The number of hydrogen-bond donors (Lipinski definition) is 1. The second-order valence-electron chi connectivity index (χ2n) is 7.45. The van der Waals surface area contributed by atoms with Gasteiger partial charge in [-0.1, -0.05) is 0 Å². The first-order valence-corrected chi connectivity index (χ1v) is 10.8. The maximum atomic E-state index is 12.4. The number of piperidine rings is 1. The highest BCUT2D eigenvalue weighted by molar-refractivity contribution is 5.82. The van der Waals surface area contributed by atoms with Gasteiger partial charge >= 0.3 is 5.69 Å². The lowest BCUT2D eigenvalue weighted by molar-refractivity contribution is -0.393. The molecule has 1 aliphatic heterocycles. The number of likely N-dealkylation sites (tertiary alicyclic amines) is 1. The van der Waals surface area contributed by atoms with Crippen LogP contribution in [-0.4, -0.2) is 53.2 Å². The summed E-state index contributed by atoms with van der Waals surface area (Å²) in [4.78, 5) is 34.8. The van der Waals surface area contributed by atoms with Crippen molar-refractivity contribution >= 4 is 29.2 Å². The molecule has 0 unspecified atom stereocenters. The summed E-state index contributed by atoms with van der Waals surface area (Å²) in [6.07, 6.45) is 4.55. The highest BCUT2D eigenvalue weighted by atomic mass is 16.6. The molecule has 12 nitrogen and oxygen atoms in total. The largest absolute Gasteiger partial charge is 0.490 e. The number of benzene rings is 2. The molecule has 1 aliphatic rings. The van der Waals surface area contributed by atoms with Crippen LogP contribution in [0.5, 0.6) is 11.5 Å². The molecule has 2 aromatic carbocycles. The van der Waals surface area contributed by atoms with Crippen molar-refractivity contribution in [3.05, 3.63) is 62.2 Å². The number of hydrazone groups is 1. The van der Waals surface area contributed by atoms with Crippen molar-refractivity contribution in [3.63, 3.8) is 0 Å². The monoisotopic (exact) mass is 471 g/mol. The van der Waals surface area contributed by atoms with E-state index in [0.29, 0.717) is 23.7 Å². The molecule has 1 amide bonds. The number of carbonyl (C=O) groups excluding carboxylic acids is 1. The van der Waals surface area contributed by atoms with E-state index in [1.54, 1.807) is 23.1 Å². The van der Waals surface area contributed by atoms with E-state index in [2.05, 4.69) is 10.5 Å². The Labute approximate surface area is 195 Å². The number of rotatable bonds is 10. The van der Waals surface area contributed by atoms with Crippen molar-refractivity contribution in [2.24, 2.45) is 5.10 Å². The summed E-state index contributed by atoms with van der Waals surface area (Å²) in [5.41, 5.74) is 2.29. The molecule has 0 aromatic heterocycles. The number of nitro groups is 2. The second kappa shape index (κ2) is 11.6. The topological polar surface area (TPSA) is 149 Å². The average molecular weight is 471 g/mol. The second-order valence-corrected chi connectivity index (χ2v) is 7.45. The minimum Gasteiger partial charge on any atom is -0.490 e. The van der Waals surface area contributed by atoms with Gasteiger partial charge in [0, 0.05) is 19.2 Å². The summed E-state index contributed by atoms with van der Waals surface area (Å²) < 4.78 is 11.3. The first kappa shape index (κ1) is 24.4. The predicted octanol–water partition coefficient (Wildman–Crippen LogP) is 3.74. The number of nitrogens with one attached hydrogen (secondary N) is 1. The van der Waals surface area contributed by atoms with Gasteiger partial charge < -0.3 is 14.4 Å². The van der Waals surface area contributed by atoms with Crippen LogP contribution in [0.25, 0.3) is 0 Å². The van der Waals surface area contributed by atoms with E-state index in [9.17, 15) is 25.0 Å². The molecular formula is C22H25N5O7. The molecule has 3 rings (SSSR count). The van der Waals surface area contributed by atoms with Gasteiger partial charge in [0.15, 0.2) is 18.1 Å². The Morgan fingerprint density at radius 3 is 2.50 bits per heavy atom. The van der Waals surface area contributed by atoms with E-state index in [1.165, 1.54) is 12.3 Å². The number of hydrogen-bond acceptors (Lipinski definition) is 9. The lowest BCUT2D eigenvalue weighted by atomic mass is 10.1. The van der Waals surface area contributed by atoms with Crippen molar-refractivity contribution in [1.29, 1.82) is 0 Å². The van der Waals surface area contributed by atoms with Crippen LogP contribution < -0.4 is 14.9 Å². The van der Waals surface area contributed by atoms with Crippen LogP contribution in [0.15, 0.2) is 41.5 Å². The third-order valence-electron chi connectivity index (χ3n) is 5.11. The Morgan fingerprint density at radius 2 is 1.82 bits per heavy atom. The molecule has 2 aromatic rings. The van der Waals surface area contributed by atoms with Gasteiger partial charge in [-0.2, -0.15) is 5.10 Å². The number of amides is 1. The summed E-state index contributed by atoms with van der Waals surface area (Å²) in [6.45, 7) is 3.60. The standard InChI is InChI=1S/C22H25N5O7/c1-2-33-21-12-16(6-9-20(21)34-15-22(28)25-10-4-3-5-11-25)14-23-24-18-8-7-17(26(29)30)13-19(18)27(31)32/h6-9,12-14,24H,2-5,10-11,15H2,1H3/b23-14+. The van der Waals surface area contributed by atoms with Crippen molar-refractivity contribution in [3.8, 4) is 11.5 Å². The van der Waals surface area contributed by atoms with Gasteiger partial charge in [0.2, 0.25) is 0 Å². The van der Waals surface area contributed by atoms with E-state index in [0.717, 1.165) is 44.5 Å². The number of carbonyl (C=O) groups is 1. The van der Waals surface area contributed by atoms with Crippen LogP contribution in [0.4, 0.5) is 17.1 Å². The normalized spacial score (nSPS) is 13.5. The van der Waals surface area contributed by atoms with E-state index < -0.39 is 21.2 Å². The molecule has 1 fully saturated rings. The van der Waals surface area contributed by atoms with Crippen LogP contribution in [0, 0.1) is 20.2 Å². The van der Waals surface area contributed by atoms with Crippen molar-refractivity contribution in [2.75, 3.05) is 31.7 Å². The van der Waals surface area contributed by atoms with Crippen LogP contribution >= 0.6 is 0 Å². The van der Waals surface area contributed by atoms with E-state index in [1.807, 2.05) is 6.92 Å². The summed E-state index contributed by atoms with van der Waals surface area (Å²) >= 11 is 0. The van der Waals surface area contributed by atoms with Crippen LogP contribution in [0.2, 0.25) is 0 Å². The number of ether oxygens (including phenoxy) is 2. The molecule has 1 saturated heterocycles. The minimum absolute atomic E-state index is 0.00746. The summed E-state index contributed by atoms with van der Waals surface area (Å²) in [5.74, 6) is 0.782. The molecule has 0 atom stereocenters. The first-order valence-electron chi connectivity index (χ1n) is 10.8. The third-order valence-corrected chi connectivity index (χ3v) is 5.11. The predicted molar refractivity (Wildman–Crippen MR) is 125 cm³/mol. The fraction of sp³-hybridized carbons (Fsp3) is 0.364. The van der Waals surface area contributed by atoms with Crippen molar-refractivity contribution < 1.29 is 24.1 Å². The molecule has 1 N–H and O–H groups in total. The Bertz CT molecular complexity index is 1080. The van der Waals surface area contributed by atoms with E-state index in [-0.39, 0.29) is 18.2 Å². The number of anilines is 1. The zero-order valence-corrected chi connectivity index (χ0v) is 18.6. The van der Waals surface area contributed by atoms with E-state index in [4.69, 9.17) is 9.47 Å². The molecule has 1 heterocycles. The molecular weight excluding hydrogens is 446 g/mol. The molecule has 0 saturated carbocycles. The number of nitrogens with zero attached hydrogens (tertiary/aromatic N) is 4. The molecule has 0 aliphatic carbocycles. The summed E-state index contributed by atoms with van der Waals surface area (Å²) in [6, 6.07) is 8.25. The Balaban J connectivity index is 1.68. The zero-order valence-electron chi connectivity index (χ0n) is 18.6. The van der Waals surface area contributed by atoms with Gasteiger partial charge in [0.1, 0.15) is 5.69 Å². The SMILES string of the molecule is CCOc1cc(/C=N/Nc2ccc([N+](=O)[O-])cc2[N+](=O)[O-])ccc1OCC(=O)N1CCCCC1. The average Bonchev–Trinajstić information content (AvgIpc) is 2.84. The molecule has 12 heteroatoms. The first-order chi connectivity index (χ1) is 16.4. The van der Waals surface area contributed by atoms with Gasteiger partial charge in [-0.05, 0) is 56.0 Å². The zero-order chi connectivity index (χ0) is 24.5. The van der Waals surface area contributed by atoms with E-state index >= 15 is 0 Å². The third kappa shape index (κ3) is 6.40. The van der Waals surface area contributed by atoms with Crippen molar-refractivity contribution in [1.82, 2.24) is 4.90 Å².